The number of nitrogens with zero attached hydrogens (tertiary/aromatic N) is 2. The first-order valence-corrected chi connectivity index (χ1v) is 7.06. The van der Waals surface area contributed by atoms with Gasteiger partial charge in [0, 0.05) is 26.2 Å². The molecule has 0 aliphatic rings. The molecule has 0 aliphatic heterocycles. The highest BCUT2D eigenvalue weighted by Gasteiger charge is 2.14. The highest BCUT2D eigenvalue weighted by atomic mass is 127. The van der Waals surface area contributed by atoms with Crippen molar-refractivity contribution in [2.24, 2.45) is 4.99 Å². The zero-order chi connectivity index (χ0) is 15.2. The third kappa shape index (κ3) is 7.55. The molecule has 21 heavy (non-hydrogen) atoms. The predicted molar refractivity (Wildman–Crippen MR) is 101 cm³/mol. The second kappa shape index (κ2) is 9.12. The van der Waals surface area contributed by atoms with Gasteiger partial charge in [0.05, 0.1) is 6.54 Å². The summed E-state index contributed by atoms with van der Waals surface area (Å²) in [5.41, 5.74) is 0.894. The lowest BCUT2D eigenvalue weighted by molar-refractivity contribution is 0.129. The first-order valence-electron chi connectivity index (χ1n) is 7.06. The molecule has 0 radical (unpaired) electrons. The molecule has 0 fully saturated rings. The van der Waals surface area contributed by atoms with Gasteiger partial charge in [0.2, 0.25) is 0 Å². The van der Waals surface area contributed by atoms with E-state index in [1.165, 1.54) is 0 Å². The largest absolute Gasteiger partial charge is 0.488 e. The Morgan fingerprint density at radius 2 is 1.86 bits per heavy atom. The highest BCUT2D eigenvalue weighted by Crippen LogP contribution is 2.23. The summed E-state index contributed by atoms with van der Waals surface area (Å²) < 4.78 is 5.98. The van der Waals surface area contributed by atoms with Crippen LogP contribution in [0.1, 0.15) is 33.3 Å². The van der Waals surface area contributed by atoms with Gasteiger partial charge in [0.1, 0.15) is 11.4 Å². The van der Waals surface area contributed by atoms with Crippen LogP contribution in [0.4, 0.5) is 0 Å². The molecule has 1 aromatic carbocycles. The lowest BCUT2D eigenvalue weighted by Gasteiger charge is -2.23. The van der Waals surface area contributed by atoms with Gasteiger partial charge in [-0.25, -0.2) is 4.99 Å². The fourth-order valence-electron chi connectivity index (χ4n) is 1.74. The summed E-state index contributed by atoms with van der Waals surface area (Å²) >= 11 is 0. The SMILES string of the molecule is CCNC(=NCc1ccccc1OC(C)(C)C)N(C)C.I. The van der Waals surface area contributed by atoms with Crippen molar-refractivity contribution >= 4 is 29.9 Å². The summed E-state index contributed by atoms with van der Waals surface area (Å²) in [5, 5.41) is 3.26. The van der Waals surface area contributed by atoms with Gasteiger partial charge >= 0.3 is 0 Å². The van der Waals surface area contributed by atoms with E-state index in [2.05, 4.69) is 44.1 Å². The van der Waals surface area contributed by atoms with E-state index in [1.54, 1.807) is 0 Å². The first-order chi connectivity index (χ1) is 9.33. The molecule has 0 aliphatic carbocycles. The van der Waals surface area contributed by atoms with Gasteiger partial charge in [-0.15, -0.1) is 24.0 Å². The maximum atomic E-state index is 5.98. The highest BCUT2D eigenvalue weighted by molar-refractivity contribution is 14.0. The maximum absolute atomic E-state index is 5.98. The predicted octanol–water partition coefficient (Wildman–Crippen LogP) is 3.51. The molecule has 0 amide bonds. The lowest BCUT2D eigenvalue weighted by atomic mass is 10.1. The summed E-state index contributed by atoms with van der Waals surface area (Å²) in [7, 11) is 3.97. The lowest BCUT2D eigenvalue weighted by Crippen LogP contribution is -2.36. The molecule has 0 atom stereocenters. The number of guanidine groups is 1. The number of hydrogen-bond acceptors (Lipinski definition) is 2. The Hall–Kier alpha value is -0.980. The fourth-order valence-corrected chi connectivity index (χ4v) is 1.74. The number of hydrogen-bond donors (Lipinski definition) is 1. The summed E-state index contributed by atoms with van der Waals surface area (Å²) in [6.45, 7) is 9.68. The van der Waals surface area contributed by atoms with Gasteiger partial charge in [-0.05, 0) is 33.8 Å². The molecule has 0 bridgehead atoms. The van der Waals surface area contributed by atoms with Crippen molar-refractivity contribution in [2.75, 3.05) is 20.6 Å². The van der Waals surface area contributed by atoms with Crippen LogP contribution in [0.3, 0.4) is 0 Å². The van der Waals surface area contributed by atoms with E-state index >= 15 is 0 Å². The van der Waals surface area contributed by atoms with Crippen molar-refractivity contribution in [1.82, 2.24) is 10.2 Å². The standard InChI is InChI=1S/C16H27N3O.HI/c1-7-17-15(19(5)6)18-12-13-10-8-9-11-14(13)20-16(2,3)4;/h8-11H,7,12H2,1-6H3,(H,17,18);1H. The number of nitrogens with one attached hydrogen (secondary N) is 1. The molecule has 0 unspecified atom stereocenters. The smallest absolute Gasteiger partial charge is 0.193 e. The summed E-state index contributed by atoms with van der Waals surface area (Å²) in [5.74, 6) is 1.79. The van der Waals surface area contributed by atoms with Gasteiger partial charge in [-0.2, -0.15) is 0 Å². The molecule has 1 rings (SSSR count). The van der Waals surface area contributed by atoms with Crippen LogP contribution in [0, 0.1) is 0 Å². The fraction of sp³-hybridized carbons (Fsp3) is 0.562. The van der Waals surface area contributed by atoms with Crippen LogP contribution in [0.5, 0.6) is 5.75 Å². The minimum absolute atomic E-state index is 0. The van der Waals surface area contributed by atoms with Crippen LogP contribution in [-0.2, 0) is 6.54 Å². The number of aliphatic imine (C=N–C) groups is 1. The molecule has 1 aromatic rings. The Kier molecular flexibility index (Phi) is 8.70. The molecular weight excluding hydrogens is 377 g/mol. The van der Waals surface area contributed by atoms with Crippen molar-refractivity contribution in [3.8, 4) is 5.75 Å². The third-order valence-electron chi connectivity index (χ3n) is 2.55. The Morgan fingerprint density at radius 3 is 2.38 bits per heavy atom. The van der Waals surface area contributed by atoms with Gasteiger partial charge in [0.25, 0.3) is 0 Å². The molecule has 1 N–H and O–H groups in total. The Bertz CT molecular complexity index is 453. The zero-order valence-corrected chi connectivity index (χ0v) is 16.3. The monoisotopic (exact) mass is 405 g/mol. The van der Waals surface area contributed by atoms with Crippen molar-refractivity contribution in [1.29, 1.82) is 0 Å². The van der Waals surface area contributed by atoms with Crippen LogP contribution >= 0.6 is 24.0 Å². The van der Waals surface area contributed by atoms with Crippen molar-refractivity contribution in [2.45, 2.75) is 39.8 Å². The van der Waals surface area contributed by atoms with E-state index in [-0.39, 0.29) is 29.6 Å². The number of para-hydroxylation sites is 1. The zero-order valence-electron chi connectivity index (χ0n) is 13.9. The van der Waals surface area contributed by atoms with E-state index in [9.17, 15) is 0 Å². The van der Waals surface area contributed by atoms with Gasteiger partial charge in [0.15, 0.2) is 5.96 Å². The Morgan fingerprint density at radius 1 is 1.24 bits per heavy atom. The van der Waals surface area contributed by atoms with Crippen molar-refractivity contribution in [3.63, 3.8) is 0 Å². The first kappa shape index (κ1) is 20.0. The van der Waals surface area contributed by atoms with E-state index < -0.39 is 0 Å². The second-order valence-electron chi connectivity index (χ2n) is 5.89. The number of rotatable bonds is 4. The van der Waals surface area contributed by atoms with Crippen LogP contribution < -0.4 is 10.1 Å². The van der Waals surface area contributed by atoms with E-state index in [1.807, 2.05) is 37.2 Å². The minimum Gasteiger partial charge on any atom is -0.488 e. The third-order valence-corrected chi connectivity index (χ3v) is 2.55. The molecular formula is C16H28IN3O. The second-order valence-corrected chi connectivity index (χ2v) is 5.89. The van der Waals surface area contributed by atoms with Crippen LogP contribution in [0.25, 0.3) is 0 Å². The summed E-state index contributed by atoms with van der Waals surface area (Å²) in [6.07, 6.45) is 0. The van der Waals surface area contributed by atoms with Gasteiger partial charge < -0.3 is 15.0 Å². The van der Waals surface area contributed by atoms with E-state index in [4.69, 9.17) is 4.74 Å². The summed E-state index contributed by atoms with van der Waals surface area (Å²) in [4.78, 5) is 6.61. The average Bonchev–Trinajstić information content (AvgIpc) is 2.34. The quantitative estimate of drug-likeness (QED) is 0.473. The van der Waals surface area contributed by atoms with Crippen molar-refractivity contribution in [3.05, 3.63) is 29.8 Å². The molecule has 120 valence electrons. The number of benzene rings is 1. The minimum atomic E-state index is -0.203. The molecule has 4 nitrogen and oxygen atoms in total. The molecule has 0 spiro atoms. The summed E-state index contributed by atoms with van der Waals surface area (Å²) in [6, 6.07) is 8.07. The van der Waals surface area contributed by atoms with Crippen molar-refractivity contribution < 1.29 is 4.74 Å². The Labute approximate surface area is 146 Å². The van der Waals surface area contributed by atoms with E-state index in [0.29, 0.717) is 6.54 Å². The normalized spacial score (nSPS) is 11.6. The molecule has 0 saturated carbocycles. The molecule has 5 heteroatoms. The molecule has 0 aromatic heterocycles. The average molecular weight is 405 g/mol. The van der Waals surface area contributed by atoms with Crippen LogP contribution in [-0.4, -0.2) is 37.1 Å². The van der Waals surface area contributed by atoms with Gasteiger partial charge in [-0.1, -0.05) is 18.2 Å². The van der Waals surface area contributed by atoms with Crippen LogP contribution in [0.2, 0.25) is 0 Å². The molecule has 0 saturated heterocycles. The molecule has 0 heterocycles. The topological polar surface area (TPSA) is 36.9 Å². The van der Waals surface area contributed by atoms with Crippen LogP contribution in [0.15, 0.2) is 29.3 Å². The Balaban J connectivity index is 0.00000400. The maximum Gasteiger partial charge on any atom is 0.193 e. The van der Waals surface area contributed by atoms with E-state index in [0.717, 1.165) is 23.8 Å². The van der Waals surface area contributed by atoms with Gasteiger partial charge in [-0.3, -0.25) is 0 Å². The number of halogens is 1. The number of ether oxygens (including phenoxy) is 1.